The number of hydrogen-bond donors (Lipinski definition) is 0. The normalized spacial score (nSPS) is 15.1. The second kappa shape index (κ2) is 17.7. The Hall–Kier alpha value is 1.02. The molecular weight excluding hydrogens is 793 g/mol. The number of hydrogen-bond acceptors (Lipinski definition) is 11. The van der Waals surface area contributed by atoms with E-state index >= 15 is 0 Å². The highest BCUT2D eigenvalue weighted by molar-refractivity contribution is 6.94. The van der Waals surface area contributed by atoms with E-state index in [-0.39, 0.29) is 6.61 Å². The topological polar surface area (TPSA) is 109 Å². The third-order valence-corrected chi connectivity index (χ3v) is 41.2. The van der Waals surface area contributed by atoms with Gasteiger partial charge in [-0.05, 0) is 151 Å². The van der Waals surface area contributed by atoms with Crippen molar-refractivity contribution in [2.45, 2.75) is 157 Å². The van der Waals surface area contributed by atoms with Gasteiger partial charge in [0.15, 0.2) is 25.0 Å². The maximum absolute atomic E-state index is 12.3. The second-order valence-corrected chi connectivity index (χ2v) is 57.0. The van der Waals surface area contributed by atoms with Gasteiger partial charge in [0.25, 0.3) is 0 Å². The molecule has 0 rings (SSSR count). The van der Waals surface area contributed by atoms with E-state index in [0.29, 0.717) is 18.0 Å². The van der Waals surface area contributed by atoms with E-state index in [1.54, 1.807) is 6.92 Å². The van der Waals surface area contributed by atoms with Crippen molar-refractivity contribution in [1.29, 1.82) is 0 Å². The zero-order valence-electron chi connectivity index (χ0n) is 35.3. The number of rotatable bonds is 23. The van der Waals surface area contributed by atoms with Gasteiger partial charge in [-0.15, -0.1) is 0 Å². The molecule has 0 aliphatic heterocycles. The molecule has 0 radical (unpaired) electrons. The molecular formula is C28H74O11Si10. The van der Waals surface area contributed by atoms with Crippen molar-refractivity contribution in [2.75, 3.05) is 6.61 Å². The third kappa shape index (κ3) is 24.1. The van der Waals surface area contributed by atoms with Crippen LogP contribution in [0.2, 0.25) is 144 Å². The lowest BCUT2D eigenvalue weighted by molar-refractivity contribution is -0.139. The van der Waals surface area contributed by atoms with E-state index in [1.165, 1.54) is 0 Å². The van der Waals surface area contributed by atoms with Crippen molar-refractivity contribution in [1.82, 2.24) is 0 Å². The van der Waals surface area contributed by atoms with Crippen LogP contribution in [-0.4, -0.2) is 97.7 Å². The van der Waals surface area contributed by atoms with Gasteiger partial charge in [-0.3, -0.25) is 0 Å². The maximum Gasteiger partial charge on any atom is 0.474 e. The Morgan fingerprint density at radius 1 is 0.429 bits per heavy atom. The molecule has 0 heterocycles. The van der Waals surface area contributed by atoms with Crippen LogP contribution in [0.5, 0.6) is 0 Å². The zero-order valence-corrected chi connectivity index (χ0v) is 45.3. The average molecular weight is 868 g/mol. The van der Waals surface area contributed by atoms with Crippen molar-refractivity contribution < 1.29 is 46.6 Å². The Labute approximate surface area is 311 Å². The van der Waals surface area contributed by atoms with Crippen molar-refractivity contribution in [2.24, 2.45) is 0 Å². The average Bonchev–Trinajstić information content (AvgIpc) is 2.66. The molecule has 0 saturated heterocycles. The lowest BCUT2D eigenvalue weighted by Gasteiger charge is -2.47. The Morgan fingerprint density at radius 2 is 0.673 bits per heavy atom. The fourth-order valence-corrected chi connectivity index (χ4v) is 53.6. The van der Waals surface area contributed by atoms with Crippen molar-refractivity contribution in [3.8, 4) is 0 Å². The van der Waals surface area contributed by atoms with E-state index in [0.717, 1.165) is 0 Å². The first-order valence-electron chi connectivity index (χ1n) is 17.3. The monoisotopic (exact) mass is 866 g/mol. The minimum absolute atomic E-state index is 0.155. The molecule has 0 spiro atoms. The highest BCUT2D eigenvalue weighted by atomic mass is 28.5. The summed E-state index contributed by atoms with van der Waals surface area (Å²) in [6.07, 6.45) is 0.440. The largest absolute Gasteiger partial charge is 0.474 e. The van der Waals surface area contributed by atoms with Crippen LogP contribution in [0.4, 0.5) is 0 Å². The predicted octanol–water partition coefficient (Wildman–Crippen LogP) is 9.30. The molecule has 0 unspecified atom stereocenters. The Morgan fingerprint density at radius 3 is 0.898 bits per heavy atom. The number of carbonyl (C=O) groups excluding carboxylic acids is 1. The molecule has 0 saturated carbocycles. The Kier molecular flexibility index (Phi) is 18.0. The van der Waals surface area contributed by atoms with Gasteiger partial charge < -0.3 is 41.8 Å². The van der Waals surface area contributed by atoms with Crippen LogP contribution in [0.3, 0.4) is 0 Å². The molecule has 21 heteroatoms. The van der Waals surface area contributed by atoms with E-state index < -0.39 is 91.1 Å². The summed E-state index contributed by atoms with van der Waals surface area (Å²) < 4.78 is 67.6. The summed E-state index contributed by atoms with van der Waals surface area (Å²) >= 11 is 0. The van der Waals surface area contributed by atoms with Crippen LogP contribution in [0, 0.1) is 0 Å². The summed E-state index contributed by atoms with van der Waals surface area (Å²) in [6.45, 7) is 49.5. The summed E-state index contributed by atoms with van der Waals surface area (Å²) in [5.41, 5.74) is 0.344. The molecule has 0 aromatic rings. The summed E-state index contributed by atoms with van der Waals surface area (Å²) in [5.74, 6) is -0.437. The van der Waals surface area contributed by atoms with Crippen LogP contribution in [-0.2, 0) is 46.6 Å². The van der Waals surface area contributed by atoms with Crippen molar-refractivity contribution in [3.05, 3.63) is 12.2 Å². The fourth-order valence-electron chi connectivity index (χ4n) is 6.03. The second-order valence-electron chi connectivity index (χ2n) is 18.4. The van der Waals surface area contributed by atoms with E-state index in [2.05, 4.69) is 105 Å². The van der Waals surface area contributed by atoms with Gasteiger partial charge >= 0.3 is 66.1 Å². The summed E-state index contributed by atoms with van der Waals surface area (Å²) in [5, 5.41) is 0. The molecule has 292 valence electrons. The first-order chi connectivity index (χ1) is 21.2. The van der Waals surface area contributed by atoms with E-state index in [4.69, 9.17) is 41.8 Å². The lowest BCUT2D eigenvalue weighted by Crippen LogP contribution is -2.67. The molecule has 0 aromatic heterocycles. The first kappa shape index (κ1) is 50.0. The smallest absolute Gasteiger partial charge is 0.462 e. The highest BCUT2D eigenvalue weighted by Gasteiger charge is 2.57. The van der Waals surface area contributed by atoms with Crippen LogP contribution in [0.1, 0.15) is 13.3 Å². The zero-order chi connectivity index (χ0) is 39.3. The molecule has 0 fully saturated rings. The molecule has 11 nitrogen and oxygen atoms in total. The molecule has 49 heavy (non-hydrogen) atoms. The number of carbonyl (C=O) groups is 1. The number of esters is 1. The van der Waals surface area contributed by atoms with Crippen LogP contribution in [0.25, 0.3) is 0 Å². The minimum Gasteiger partial charge on any atom is -0.462 e. The molecule has 0 atom stereocenters. The maximum atomic E-state index is 12.3. The summed E-state index contributed by atoms with van der Waals surface area (Å²) in [7, 11) is -26.3. The first-order valence-corrected chi connectivity index (χ1v) is 46.4. The number of ether oxygens (including phenoxy) is 1. The van der Waals surface area contributed by atoms with Crippen LogP contribution in [0.15, 0.2) is 12.2 Å². The molecule has 0 N–H and O–H groups in total. The lowest BCUT2D eigenvalue weighted by atomic mass is 10.4. The van der Waals surface area contributed by atoms with Gasteiger partial charge in [0.05, 0.1) is 6.61 Å². The minimum atomic E-state index is -3.75. The Bertz CT molecular complexity index is 989. The molecule has 0 amide bonds. The van der Waals surface area contributed by atoms with Gasteiger partial charge in [-0.25, -0.2) is 4.79 Å². The van der Waals surface area contributed by atoms with Crippen LogP contribution < -0.4 is 0 Å². The van der Waals surface area contributed by atoms with E-state index in [9.17, 15) is 4.79 Å². The van der Waals surface area contributed by atoms with Gasteiger partial charge in [-0.1, -0.05) is 6.58 Å². The Balaban J connectivity index is 7.12. The molecule has 0 aromatic carbocycles. The van der Waals surface area contributed by atoms with Crippen molar-refractivity contribution >= 4 is 91.1 Å². The third-order valence-electron chi connectivity index (χ3n) is 5.54. The van der Waals surface area contributed by atoms with Crippen LogP contribution >= 0.6 is 0 Å². The van der Waals surface area contributed by atoms with Gasteiger partial charge in [0.2, 0.25) is 0 Å². The summed E-state index contributed by atoms with van der Waals surface area (Å²) in [4.78, 5) is 12.3. The summed E-state index contributed by atoms with van der Waals surface area (Å²) in [6, 6.07) is 0.362. The van der Waals surface area contributed by atoms with E-state index in [1.807, 2.05) is 39.3 Å². The predicted molar refractivity (Wildman–Crippen MR) is 226 cm³/mol. The van der Waals surface area contributed by atoms with Gasteiger partial charge in [0, 0.05) is 11.6 Å². The SMILES string of the molecule is C=C(C)C(=O)OCCC[Si](O[Si](C)(C)O[Si](C)(C)O[Si](C)(C)C)(O[Si](C)(C)O[Si](C)(C)O[Si](C)(C)C)O[Si](C)(C)O[Si](C)(C)O[Si](C)(C)C. The molecule has 0 aliphatic carbocycles. The quantitative estimate of drug-likeness (QED) is 0.0425. The standard InChI is InChI=1S/C28H74O11Si10/c1-27(2)28(29)30-25-24-26-49(37-46(18,19)34-43(12,13)31-40(3,4)5,38-47(20,21)35-44(14,15)32-41(6,7)8)39-48(22,23)36-45(16,17)33-42(9,10)11/h1,24-26H2,2-23H3. The van der Waals surface area contributed by atoms with Gasteiger partial charge in [0.1, 0.15) is 0 Å². The van der Waals surface area contributed by atoms with Crippen molar-refractivity contribution in [3.63, 3.8) is 0 Å². The fraction of sp³-hybridized carbons (Fsp3) is 0.893. The molecule has 0 aliphatic rings. The van der Waals surface area contributed by atoms with Gasteiger partial charge in [-0.2, -0.15) is 0 Å². The molecule has 0 bridgehead atoms. The highest BCUT2D eigenvalue weighted by Crippen LogP contribution is 2.35.